The number of carbonyl (C=O) groups is 3. The van der Waals surface area contributed by atoms with E-state index >= 15 is 0 Å². The van der Waals surface area contributed by atoms with Gasteiger partial charge in [-0.15, -0.1) is 0 Å². The molecule has 1 aromatic carbocycles. The second-order valence-electron chi connectivity index (χ2n) is 6.02. The summed E-state index contributed by atoms with van der Waals surface area (Å²) in [7, 11) is 0. The third-order valence-electron chi connectivity index (χ3n) is 3.54. The van der Waals surface area contributed by atoms with E-state index in [0.29, 0.717) is 35.9 Å². The Hall–Kier alpha value is -2.28. The second kappa shape index (κ2) is 7.53. The van der Waals surface area contributed by atoms with Gasteiger partial charge < -0.3 is 15.3 Å². The van der Waals surface area contributed by atoms with Crippen molar-refractivity contribution in [2.75, 3.05) is 31.1 Å². The summed E-state index contributed by atoms with van der Waals surface area (Å²) >= 11 is 6.15. The number of carbonyl (C=O) groups excluding carboxylic acids is 2. The topological polar surface area (TPSA) is 90.0 Å². The largest absolute Gasteiger partial charge is 0.480 e. The highest BCUT2D eigenvalue weighted by Gasteiger charge is 2.26. The molecule has 0 atom stereocenters. The van der Waals surface area contributed by atoms with Crippen molar-refractivity contribution in [1.82, 2.24) is 10.2 Å². The average molecular weight is 354 g/mol. The van der Waals surface area contributed by atoms with E-state index in [1.54, 1.807) is 6.07 Å². The molecule has 1 aliphatic heterocycles. The molecule has 0 spiro atoms. The van der Waals surface area contributed by atoms with Crippen molar-refractivity contribution in [3.8, 4) is 0 Å². The van der Waals surface area contributed by atoms with E-state index in [1.165, 1.54) is 21.9 Å². The van der Waals surface area contributed by atoms with E-state index in [0.717, 1.165) is 0 Å². The molecule has 2 N–H and O–H groups in total. The predicted octanol–water partition coefficient (Wildman–Crippen LogP) is 2.05. The third kappa shape index (κ3) is 4.17. The summed E-state index contributed by atoms with van der Waals surface area (Å²) < 4.78 is 0. The van der Waals surface area contributed by atoms with Gasteiger partial charge in [0.25, 0.3) is 5.91 Å². The van der Waals surface area contributed by atoms with Gasteiger partial charge in [-0.3, -0.25) is 14.5 Å². The number of halogens is 1. The van der Waals surface area contributed by atoms with Crippen LogP contribution in [0.1, 0.15) is 24.2 Å². The maximum Gasteiger partial charge on any atom is 0.323 e. The standard InChI is InChI=1S/C16H20ClN3O4/c1-10(2)8-19(9-14(21)22)15(23)11-3-4-12(17)13(7-11)20-6-5-18-16(20)24/h3-4,7,10H,5-6,8-9H2,1-2H3,(H,18,24)(H,21,22). The molecule has 24 heavy (non-hydrogen) atoms. The van der Waals surface area contributed by atoms with Gasteiger partial charge in [-0.1, -0.05) is 25.4 Å². The maximum atomic E-state index is 12.7. The monoisotopic (exact) mass is 353 g/mol. The van der Waals surface area contributed by atoms with Crippen molar-refractivity contribution in [1.29, 1.82) is 0 Å². The minimum Gasteiger partial charge on any atom is -0.480 e. The van der Waals surface area contributed by atoms with Crippen LogP contribution >= 0.6 is 11.6 Å². The van der Waals surface area contributed by atoms with Crippen molar-refractivity contribution in [3.63, 3.8) is 0 Å². The van der Waals surface area contributed by atoms with E-state index in [2.05, 4.69) is 5.32 Å². The van der Waals surface area contributed by atoms with Crippen LogP contribution in [-0.4, -0.2) is 54.1 Å². The van der Waals surface area contributed by atoms with Gasteiger partial charge in [0.15, 0.2) is 0 Å². The Morgan fingerprint density at radius 1 is 1.42 bits per heavy atom. The molecular formula is C16H20ClN3O4. The van der Waals surface area contributed by atoms with Gasteiger partial charge in [-0.2, -0.15) is 0 Å². The number of carboxylic acids is 1. The number of nitrogens with zero attached hydrogens (tertiary/aromatic N) is 2. The fraction of sp³-hybridized carbons (Fsp3) is 0.438. The number of hydrogen-bond acceptors (Lipinski definition) is 3. The molecule has 0 unspecified atom stereocenters. The van der Waals surface area contributed by atoms with Crippen molar-refractivity contribution in [2.24, 2.45) is 5.92 Å². The van der Waals surface area contributed by atoms with E-state index in [-0.39, 0.29) is 18.5 Å². The molecule has 0 radical (unpaired) electrons. The number of hydrogen-bond donors (Lipinski definition) is 2. The lowest BCUT2D eigenvalue weighted by Gasteiger charge is -2.24. The van der Waals surface area contributed by atoms with Crippen molar-refractivity contribution < 1.29 is 19.5 Å². The van der Waals surface area contributed by atoms with Gasteiger partial charge in [-0.05, 0) is 24.1 Å². The average Bonchev–Trinajstić information content (AvgIpc) is 2.91. The first kappa shape index (κ1) is 18.1. The smallest absolute Gasteiger partial charge is 0.323 e. The Bertz CT molecular complexity index is 663. The first-order valence-corrected chi connectivity index (χ1v) is 8.03. The number of amides is 3. The van der Waals surface area contributed by atoms with Crippen LogP contribution in [0.5, 0.6) is 0 Å². The Labute approximate surface area is 145 Å². The van der Waals surface area contributed by atoms with Crippen LogP contribution in [0.2, 0.25) is 5.02 Å². The van der Waals surface area contributed by atoms with E-state index in [1.807, 2.05) is 13.8 Å². The molecule has 3 amide bonds. The van der Waals surface area contributed by atoms with Crippen LogP contribution < -0.4 is 10.2 Å². The van der Waals surface area contributed by atoms with Crippen molar-refractivity contribution >= 4 is 35.2 Å². The molecule has 1 aliphatic rings. The number of aliphatic carboxylic acids is 1. The Kier molecular flexibility index (Phi) is 5.66. The zero-order valence-electron chi connectivity index (χ0n) is 13.6. The first-order valence-electron chi connectivity index (χ1n) is 7.65. The maximum absolute atomic E-state index is 12.7. The summed E-state index contributed by atoms with van der Waals surface area (Å²) in [5.41, 5.74) is 0.744. The zero-order chi connectivity index (χ0) is 17.9. The summed E-state index contributed by atoms with van der Waals surface area (Å²) in [6.45, 7) is 4.73. The van der Waals surface area contributed by atoms with Gasteiger partial charge in [-0.25, -0.2) is 4.79 Å². The van der Waals surface area contributed by atoms with Gasteiger partial charge in [0, 0.05) is 25.2 Å². The van der Waals surface area contributed by atoms with Gasteiger partial charge >= 0.3 is 12.0 Å². The molecule has 8 heteroatoms. The minimum absolute atomic E-state index is 0.129. The molecule has 1 fully saturated rings. The summed E-state index contributed by atoms with van der Waals surface area (Å²) in [6.07, 6.45) is 0. The molecule has 1 aromatic rings. The van der Waals surface area contributed by atoms with E-state index in [9.17, 15) is 14.4 Å². The van der Waals surface area contributed by atoms with Crippen LogP contribution in [0.25, 0.3) is 0 Å². The number of rotatable bonds is 6. The molecule has 7 nitrogen and oxygen atoms in total. The summed E-state index contributed by atoms with van der Waals surface area (Å²) in [5.74, 6) is -1.34. The SMILES string of the molecule is CC(C)CN(CC(=O)O)C(=O)c1ccc(Cl)c(N2CCNC2=O)c1. The highest BCUT2D eigenvalue weighted by atomic mass is 35.5. The third-order valence-corrected chi connectivity index (χ3v) is 3.86. The second-order valence-corrected chi connectivity index (χ2v) is 6.43. The predicted molar refractivity (Wildman–Crippen MR) is 90.6 cm³/mol. The Balaban J connectivity index is 2.30. The quantitative estimate of drug-likeness (QED) is 0.819. The normalized spacial score (nSPS) is 14.0. The number of carboxylic acid groups (broad SMARTS) is 1. The summed E-state index contributed by atoms with van der Waals surface area (Å²) in [5, 5.41) is 12.1. The lowest BCUT2D eigenvalue weighted by molar-refractivity contribution is -0.137. The molecule has 0 aromatic heterocycles. The molecule has 2 rings (SSSR count). The number of anilines is 1. The van der Waals surface area contributed by atoms with Gasteiger partial charge in [0.05, 0.1) is 10.7 Å². The van der Waals surface area contributed by atoms with Crippen LogP contribution in [0, 0.1) is 5.92 Å². The Morgan fingerprint density at radius 3 is 2.67 bits per heavy atom. The fourth-order valence-corrected chi connectivity index (χ4v) is 2.78. The Morgan fingerprint density at radius 2 is 2.12 bits per heavy atom. The van der Waals surface area contributed by atoms with Crippen LogP contribution in [0.15, 0.2) is 18.2 Å². The fourth-order valence-electron chi connectivity index (χ4n) is 2.56. The van der Waals surface area contributed by atoms with Gasteiger partial charge in [0.2, 0.25) is 0 Å². The van der Waals surface area contributed by atoms with Crippen LogP contribution in [0.4, 0.5) is 10.5 Å². The molecule has 1 heterocycles. The minimum atomic E-state index is -1.07. The van der Waals surface area contributed by atoms with E-state index in [4.69, 9.17) is 16.7 Å². The van der Waals surface area contributed by atoms with Crippen molar-refractivity contribution in [3.05, 3.63) is 28.8 Å². The molecule has 0 bridgehead atoms. The highest BCUT2D eigenvalue weighted by molar-refractivity contribution is 6.34. The van der Waals surface area contributed by atoms with Crippen LogP contribution in [-0.2, 0) is 4.79 Å². The molecular weight excluding hydrogens is 334 g/mol. The number of benzene rings is 1. The number of urea groups is 1. The lowest BCUT2D eigenvalue weighted by atomic mass is 10.1. The molecule has 0 aliphatic carbocycles. The highest BCUT2D eigenvalue weighted by Crippen LogP contribution is 2.28. The lowest BCUT2D eigenvalue weighted by Crippen LogP contribution is -2.38. The summed E-state index contributed by atoms with van der Waals surface area (Å²) in [4.78, 5) is 38.3. The molecule has 130 valence electrons. The number of nitrogens with one attached hydrogen (secondary N) is 1. The molecule has 1 saturated heterocycles. The van der Waals surface area contributed by atoms with Crippen molar-refractivity contribution in [2.45, 2.75) is 13.8 Å². The first-order chi connectivity index (χ1) is 11.3. The molecule has 0 saturated carbocycles. The van der Waals surface area contributed by atoms with Gasteiger partial charge in [0.1, 0.15) is 6.54 Å². The zero-order valence-corrected chi connectivity index (χ0v) is 14.3. The van der Waals surface area contributed by atoms with E-state index < -0.39 is 11.9 Å². The summed E-state index contributed by atoms with van der Waals surface area (Å²) in [6, 6.07) is 4.35. The van der Waals surface area contributed by atoms with Crippen LogP contribution in [0.3, 0.4) is 0 Å².